The molecule has 5 heteroatoms. The number of sulfone groups is 1. The smallest absolute Gasteiger partial charge is 0.151 e. The molecule has 0 radical (unpaired) electrons. The van der Waals surface area contributed by atoms with Gasteiger partial charge < -0.3 is 11.5 Å². The first-order valence-electron chi connectivity index (χ1n) is 4.76. The molecule has 0 saturated carbocycles. The molecule has 1 atom stereocenters. The standard InChI is InChI=1S/C10H16N2O2S/c1-2-15(13,14)7-10(12)8-3-5-9(11)6-4-8/h3-6,10H,2,7,11-12H2,1H3. The van der Waals surface area contributed by atoms with Gasteiger partial charge in [-0.3, -0.25) is 0 Å². The minimum absolute atomic E-state index is 0.0204. The summed E-state index contributed by atoms with van der Waals surface area (Å²) in [5.74, 6) is 0.100. The molecule has 0 aliphatic carbocycles. The Morgan fingerprint density at radius 3 is 2.27 bits per heavy atom. The van der Waals surface area contributed by atoms with E-state index < -0.39 is 15.9 Å². The van der Waals surface area contributed by atoms with E-state index in [0.717, 1.165) is 5.56 Å². The lowest BCUT2D eigenvalue weighted by atomic mass is 10.1. The molecule has 1 aromatic carbocycles. The summed E-state index contributed by atoms with van der Waals surface area (Å²) in [6.45, 7) is 1.62. The fourth-order valence-corrected chi connectivity index (χ4v) is 2.21. The Morgan fingerprint density at radius 1 is 1.27 bits per heavy atom. The van der Waals surface area contributed by atoms with Crippen molar-refractivity contribution in [2.45, 2.75) is 13.0 Å². The average molecular weight is 228 g/mol. The van der Waals surface area contributed by atoms with Crippen molar-refractivity contribution < 1.29 is 8.42 Å². The van der Waals surface area contributed by atoms with Crippen LogP contribution >= 0.6 is 0 Å². The minimum Gasteiger partial charge on any atom is -0.399 e. The molecule has 0 aliphatic heterocycles. The van der Waals surface area contributed by atoms with E-state index >= 15 is 0 Å². The zero-order valence-corrected chi connectivity index (χ0v) is 9.50. The van der Waals surface area contributed by atoms with E-state index in [9.17, 15) is 8.42 Å². The van der Waals surface area contributed by atoms with Gasteiger partial charge in [0.15, 0.2) is 9.84 Å². The number of hydrogen-bond acceptors (Lipinski definition) is 4. The van der Waals surface area contributed by atoms with Gasteiger partial charge in [-0.15, -0.1) is 0 Å². The summed E-state index contributed by atoms with van der Waals surface area (Å²) in [7, 11) is -3.03. The molecule has 0 spiro atoms. The Balaban J connectivity index is 2.78. The summed E-state index contributed by atoms with van der Waals surface area (Å²) < 4.78 is 22.7. The van der Waals surface area contributed by atoms with Crippen molar-refractivity contribution >= 4 is 15.5 Å². The van der Waals surface area contributed by atoms with Crippen molar-refractivity contribution in [1.82, 2.24) is 0 Å². The zero-order valence-electron chi connectivity index (χ0n) is 8.68. The molecular formula is C10H16N2O2S. The Labute approximate surface area is 90.2 Å². The summed E-state index contributed by atoms with van der Waals surface area (Å²) in [4.78, 5) is 0. The van der Waals surface area contributed by atoms with E-state index in [1.807, 2.05) is 0 Å². The molecule has 0 aliphatic rings. The molecule has 0 aromatic heterocycles. The van der Waals surface area contributed by atoms with Crippen LogP contribution in [0.2, 0.25) is 0 Å². The summed E-state index contributed by atoms with van der Waals surface area (Å²) in [5.41, 5.74) is 12.7. The minimum atomic E-state index is -3.03. The third-order valence-corrected chi connectivity index (χ3v) is 3.98. The number of benzene rings is 1. The second kappa shape index (κ2) is 4.63. The number of hydrogen-bond donors (Lipinski definition) is 2. The van der Waals surface area contributed by atoms with Gasteiger partial charge in [-0.05, 0) is 17.7 Å². The van der Waals surface area contributed by atoms with E-state index in [2.05, 4.69) is 0 Å². The number of anilines is 1. The van der Waals surface area contributed by atoms with Crippen molar-refractivity contribution in [3.63, 3.8) is 0 Å². The fraction of sp³-hybridized carbons (Fsp3) is 0.400. The second-order valence-electron chi connectivity index (χ2n) is 3.47. The first-order chi connectivity index (χ1) is 6.94. The summed E-state index contributed by atoms with van der Waals surface area (Å²) in [6.07, 6.45) is 0. The lowest BCUT2D eigenvalue weighted by Gasteiger charge is -2.11. The molecule has 15 heavy (non-hydrogen) atoms. The quantitative estimate of drug-likeness (QED) is 0.743. The lowest BCUT2D eigenvalue weighted by Crippen LogP contribution is -2.22. The van der Waals surface area contributed by atoms with Gasteiger partial charge in [0.05, 0.1) is 5.75 Å². The first-order valence-corrected chi connectivity index (χ1v) is 6.58. The Kier molecular flexibility index (Phi) is 3.71. The van der Waals surface area contributed by atoms with Crippen LogP contribution in [0.25, 0.3) is 0 Å². The van der Waals surface area contributed by atoms with Crippen LogP contribution in [0.4, 0.5) is 5.69 Å². The van der Waals surface area contributed by atoms with E-state index in [-0.39, 0.29) is 11.5 Å². The number of rotatable bonds is 4. The van der Waals surface area contributed by atoms with Gasteiger partial charge >= 0.3 is 0 Å². The highest BCUT2D eigenvalue weighted by molar-refractivity contribution is 7.91. The largest absolute Gasteiger partial charge is 0.399 e. The van der Waals surface area contributed by atoms with Crippen LogP contribution in [-0.2, 0) is 9.84 Å². The molecule has 1 unspecified atom stereocenters. The van der Waals surface area contributed by atoms with Gasteiger partial charge in [0.25, 0.3) is 0 Å². The van der Waals surface area contributed by atoms with E-state index in [1.165, 1.54) is 0 Å². The van der Waals surface area contributed by atoms with Crippen molar-refractivity contribution in [3.8, 4) is 0 Å². The summed E-state index contributed by atoms with van der Waals surface area (Å²) >= 11 is 0. The van der Waals surface area contributed by atoms with Crippen molar-refractivity contribution in [1.29, 1.82) is 0 Å². The summed E-state index contributed by atoms with van der Waals surface area (Å²) in [6, 6.07) is 6.47. The van der Waals surface area contributed by atoms with Crippen molar-refractivity contribution in [2.75, 3.05) is 17.2 Å². The van der Waals surface area contributed by atoms with Gasteiger partial charge in [-0.1, -0.05) is 19.1 Å². The Bertz CT molecular complexity index is 412. The Morgan fingerprint density at radius 2 is 1.80 bits per heavy atom. The topological polar surface area (TPSA) is 86.2 Å². The van der Waals surface area contributed by atoms with Crippen LogP contribution in [0.3, 0.4) is 0 Å². The van der Waals surface area contributed by atoms with Crippen LogP contribution in [0.5, 0.6) is 0 Å². The van der Waals surface area contributed by atoms with Crippen molar-refractivity contribution in [3.05, 3.63) is 29.8 Å². The van der Waals surface area contributed by atoms with Gasteiger partial charge in [0, 0.05) is 17.5 Å². The summed E-state index contributed by atoms with van der Waals surface area (Å²) in [5, 5.41) is 0. The van der Waals surface area contributed by atoms with E-state index in [0.29, 0.717) is 5.69 Å². The third-order valence-electron chi connectivity index (χ3n) is 2.24. The van der Waals surface area contributed by atoms with E-state index in [4.69, 9.17) is 11.5 Å². The van der Waals surface area contributed by atoms with Crippen LogP contribution in [0, 0.1) is 0 Å². The molecule has 0 bridgehead atoms. The monoisotopic (exact) mass is 228 g/mol. The first kappa shape index (κ1) is 12.0. The molecule has 0 fully saturated rings. The molecule has 4 nitrogen and oxygen atoms in total. The van der Waals surface area contributed by atoms with Crippen LogP contribution in [-0.4, -0.2) is 19.9 Å². The highest BCUT2D eigenvalue weighted by atomic mass is 32.2. The molecular weight excluding hydrogens is 212 g/mol. The normalized spacial score (nSPS) is 13.7. The average Bonchev–Trinajstić information content (AvgIpc) is 2.18. The number of nitrogen functional groups attached to an aromatic ring is 1. The molecule has 84 valence electrons. The van der Waals surface area contributed by atoms with Crippen molar-refractivity contribution in [2.24, 2.45) is 5.73 Å². The fourth-order valence-electron chi connectivity index (χ4n) is 1.23. The molecule has 1 aromatic rings. The maximum absolute atomic E-state index is 11.3. The molecule has 1 rings (SSSR count). The van der Waals surface area contributed by atoms with Gasteiger partial charge in [-0.25, -0.2) is 8.42 Å². The lowest BCUT2D eigenvalue weighted by molar-refractivity contribution is 0.590. The Hall–Kier alpha value is -1.07. The zero-order chi connectivity index (χ0) is 11.5. The van der Waals surface area contributed by atoms with Gasteiger partial charge in [-0.2, -0.15) is 0 Å². The maximum Gasteiger partial charge on any atom is 0.151 e. The van der Waals surface area contributed by atoms with Gasteiger partial charge in [0.1, 0.15) is 0 Å². The number of nitrogens with two attached hydrogens (primary N) is 2. The second-order valence-corrected chi connectivity index (χ2v) is 5.87. The molecule has 0 heterocycles. The maximum atomic E-state index is 11.3. The predicted molar refractivity (Wildman–Crippen MR) is 62.1 cm³/mol. The van der Waals surface area contributed by atoms with E-state index in [1.54, 1.807) is 31.2 Å². The third kappa shape index (κ3) is 3.53. The van der Waals surface area contributed by atoms with Gasteiger partial charge in [0.2, 0.25) is 0 Å². The van der Waals surface area contributed by atoms with Crippen LogP contribution in [0.1, 0.15) is 18.5 Å². The molecule has 0 amide bonds. The molecule has 0 saturated heterocycles. The SMILES string of the molecule is CCS(=O)(=O)CC(N)c1ccc(N)cc1. The molecule has 4 N–H and O–H groups in total. The van der Waals surface area contributed by atoms with Crippen LogP contribution in [0.15, 0.2) is 24.3 Å². The van der Waals surface area contributed by atoms with Crippen LogP contribution < -0.4 is 11.5 Å². The highest BCUT2D eigenvalue weighted by Crippen LogP contribution is 2.14. The predicted octanol–water partition coefficient (Wildman–Crippen LogP) is 0.703. The highest BCUT2D eigenvalue weighted by Gasteiger charge is 2.15.